The summed E-state index contributed by atoms with van der Waals surface area (Å²) in [5, 5.41) is 10.3. The average Bonchev–Trinajstić information content (AvgIpc) is 3.44. The zero-order valence-corrected chi connectivity index (χ0v) is 21.5. The van der Waals surface area contributed by atoms with Crippen LogP contribution in [0.2, 0.25) is 5.02 Å². The van der Waals surface area contributed by atoms with Gasteiger partial charge in [-0.2, -0.15) is 0 Å². The van der Waals surface area contributed by atoms with Crippen LogP contribution < -0.4 is 4.90 Å². The van der Waals surface area contributed by atoms with Gasteiger partial charge in [0.1, 0.15) is 12.6 Å². The minimum Gasteiger partial charge on any atom is -0.461 e. The fourth-order valence-corrected chi connectivity index (χ4v) is 8.69. The molecule has 0 saturated carbocycles. The molecule has 3 unspecified atom stereocenters. The number of para-hydroxylation sites is 1. The van der Waals surface area contributed by atoms with Crippen molar-refractivity contribution < 1.29 is 24.2 Å². The van der Waals surface area contributed by atoms with Crippen molar-refractivity contribution in [3.05, 3.63) is 54.6 Å². The highest BCUT2D eigenvalue weighted by Crippen LogP contribution is 2.69. The lowest BCUT2D eigenvalue weighted by Crippen LogP contribution is -2.59. The number of nitrogens with zero attached hydrogens (tertiary/aromatic N) is 2. The Balaban J connectivity index is 1.83. The van der Waals surface area contributed by atoms with Gasteiger partial charge in [0.15, 0.2) is 0 Å². The van der Waals surface area contributed by atoms with E-state index in [1.807, 2.05) is 6.92 Å². The van der Waals surface area contributed by atoms with E-state index in [0.29, 0.717) is 17.1 Å². The van der Waals surface area contributed by atoms with Crippen LogP contribution in [-0.4, -0.2) is 69.6 Å². The number of halogens is 1. The molecule has 3 aliphatic heterocycles. The smallest absolute Gasteiger partial charge is 0.311 e. The number of aliphatic hydroxyl groups is 1. The van der Waals surface area contributed by atoms with Crippen molar-refractivity contribution in [2.45, 2.75) is 42.3 Å². The van der Waals surface area contributed by atoms with Gasteiger partial charge in [0.25, 0.3) is 5.91 Å². The van der Waals surface area contributed by atoms with Gasteiger partial charge in [0.05, 0.1) is 39.9 Å². The van der Waals surface area contributed by atoms with Gasteiger partial charge in [-0.1, -0.05) is 49.4 Å². The highest BCUT2D eigenvalue weighted by Gasteiger charge is 2.77. The fourth-order valence-electron chi connectivity index (χ4n) is 6.06. The summed E-state index contributed by atoms with van der Waals surface area (Å²) in [5.41, 5.74) is 0.523. The molecule has 35 heavy (non-hydrogen) atoms. The summed E-state index contributed by atoms with van der Waals surface area (Å²) in [5.74, 6) is -2.38. The maximum Gasteiger partial charge on any atom is 0.311 e. The topological polar surface area (TPSA) is 87.2 Å². The van der Waals surface area contributed by atoms with E-state index in [0.717, 1.165) is 0 Å². The molecule has 3 fully saturated rings. The molecule has 0 aromatic heterocycles. The van der Waals surface area contributed by atoms with Gasteiger partial charge in [-0.25, -0.2) is 0 Å². The maximum atomic E-state index is 14.4. The van der Waals surface area contributed by atoms with Gasteiger partial charge in [0.2, 0.25) is 5.91 Å². The third kappa shape index (κ3) is 3.90. The molecule has 1 aromatic carbocycles. The molecule has 4 rings (SSSR count). The Morgan fingerprint density at radius 1 is 1.37 bits per heavy atom. The Morgan fingerprint density at radius 2 is 2.09 bits per heavy atom. The minimum absolute atomic E-state index is 0.00317. The number of fused-ring (bicyclic) bond motifs is 1. The molecule has 3 saturated heterocycles. The Kier molecular flexibility index (Phi) is 7.36. The molecule has 7 nitrogen and oxygen atoms in total. The normalized spacial score (nSPS) is 31.7. The molecule has 0 radical (unpaired) electrons. The molecule has 9 heteroatoms. The van der Waals surface area contributed by atoms with Gasteiger partial charge in [-0.15, -0.1) is 18.3 Å². The molecule has 2 amide bonds. The summed E-state index contributed by atoms with van der Waals surface area (Å²) in [6, 6.07) is 5.56. The Bertz CT molecular complexity index is 1050. The number of benzene rings is 1. The molecule has 3 aliphatic rings. The van der Waals surface area contributed by atoms with Crippen LogP contribution >= 0.6 is 23.4 Å². The van der Waals surface area contributed by atoms with E-state index in [4.69, 9.17) is 16.3 Å². The van der Waals surface area contributed by atoms with E-state index in [2.05, 4.69) is 13.2 Å². The van der Waals surface area contributed by atoms with E-state index in [9.17, 15) is 19.5 Å². The SMILES string of the molecule is C=CCOC(=O)[C@@H]1[C@@H]2CC(C)C3(S2)C(C(=O)N(CC=C)c2ccccc2Cl)N([C@H](C)CO)C(=O)[C@H]13. The van der Waals surface area contributed by atoms with Gasteiger partial charge >= 0.3 is 5.97 Å². The lowest BCUT2D eigenvalue weighted by molar-refractivity contribution is -0.153. The average molecular weight is 519 g/mol. The summed E-state index contributed by atoms with van der Waals surface area (Å²) < 4.78 is 4.57. The highest BCUT2D eigenvalue weighted by molar-refractivity contribution is 8.02. The fraction of sp³-hybridized carbons (Fsp3) is 0.500. The number of thioether (sulfide) groups is 1. The van der Waals surface area contributed by atoms with Crippen LogP contribution in [0.3, 0.4) is 0 Å². The number of aliphatic hydroxyl groups excluding tert-OH is 1. The predicted molar refractivity (Wildman–Crippen MR) is 137 cm³/mol. The van der Waals surface area contributed by atoms with E-state index >= 15 is 0 Å². The molecular formula is C26H31ClN2O5S. The number of likely N-dealkylation sites (tertiary alicyclic amines) is 1. The molecule has 7 atom stereocenters. The lowest BCUT2D eigenvalue weighted by atomic mass is 9.66. The minimum atomic E-state index is -0.874. The maximum absolute atomic E-state index is 14.4. The van der Waals surface area contributed by atoms with Crippen LogP contribution in [0, 0.1) is 17.8 Å². The van der Waals surface area contributed by atoms with Crippen LogP contribution in [0.1, 0.15) is 20.3 Å². The summed E-state index contributed by atoms with van der Waals surface area (Å²) in [4.78, 5) is 44.5. The Hall–Kier alpha value is -2.29. The first kappa shape index (κ1) is 25.8. The summed E-state index contributed by atoms with van der Waals surface area (Å²) in [6.07, 6.45) is 3.81. The second-order valence-corrected chi connectivity index (χ2v) is 11.4. The quantitative estimate of drug-likeness (QED) is 0.398. The number of ether oxygens (including phenoxy) is 1. The summed E-state index contributed by atoms with van der Waals surface area (Å²) >= 11 is 8.02. The predicted octanol–water partition coefficient (Wildman–Crippen LogP) is 3.31. The number of esters is 1. The first-order chi connectivity index (χ1) is 16.7. The van der Waals surface area contributed by atoms with Crippen LogP contribution in [0.5, 0.6) is 0 Å². The van der Waals surface area contributed by atoms with E-state index in [1.165, 1.54) is 11.0 Å². The lowest BCUT2D eigenvalue weighted by Gasteiger charge is -2.41. The number of amides is 2. The monoisotopic (exact) mass is 518 g/mol. The van der Waals surface area contributed by atoms with Crippen LogP contribution in [0.25, 0.3) is 0 Å². The van der Waals surface area contributed by atoms with E-state index < -0.39 is 34.6 Å². The van der Waals surface area contributed by atoms with Gasteiger partial charge < -0.3 is 19.6 Å². The van der Waals surface area contributed by atoms with Crippen LogP contribution in [0.4, 0.5) is 5.69 Å². The first-order valence-electron chi connectivity index (χ1n) is 11.8. The van der Waals surface area contributed by atoms with Crippen LogP contribution in [0.15, 0.2) is 49.6 Å². The molecule has 2 bridgehead atoms. The van der Waals surface area contributed by atoms with Crippen molar-refractivity contribution in [2.75, 3.05) is 24.7 Å². The standard InChI is InChI=1S/C26H31ClN2O5S/c1-5-11-28(18-10-8-7-9-17(18)27)24(32)22-26-15(3)13-19(35-26)20(25(33)34-12-6-2)21(26)23(31)29(22)16(4)14-30/h5-10,15-16,19-22,30H,1-2,11-14H2,3-4H3/t15?,16-,19+,20-,21+,22?,26?/m1/s1. The van der Waals surface area contributed by atoms with Crippen molar-refractivity contribution in [2.24, 2.45) is 17.8 Å². The number of carbonyl (C=O) groups is 3. The molecule has 188 valence electrons. The Morgan fingerprint density at radius 3 is 2.71 bits per heavy atom. The largest absolute Gasteiger partial charge is 0.461 e. The summed E-state index contributed by atoms with van der Waals surface area (Å²) in [7, 11) is 0. The van der Waals surface area contributed by atoms with Gasteiger partial charge in [-0.3, -0.25) is 14.4 Å². The number of anilines is 1. The van der Waals surface area contributed by atoms with Crippen LogP contribution in [-0.2, 0) is 19.1 Å². The van der Waals surface area contributed by atoms with Crippen molar-refractivity contribution in [3.8, 4) is 0 Å². The summed E-state index contributed by atoms with van der Waals surface area (Å²) in [6.45, 7) is 11.1. The van der Waals surface area contributed by atoms with E-state index in [-0.39, 0.29) is 42.7 Å². The van der Waals surface area contributed by atoms with Gasteiger partial charge in [-0.05, 0) is 31.4 Å². The van der Waals surface area contributed by atoms with Gasteiger partial charge in [0, 0.05) is 11.8 Å². The number of hydrogen-bond acceptors (Lipinski definition) is 6. The zero-order valence-electron chi connectivity index (χ0n) is 19.9. The highest BCUT2D eigenvalue weighted by atomic mass is 35.5. The third-order valence-corrected chi connectivity index (χ3v) is 9.89. The third-order valence-electron chi connectivity index (χ3n) is 7.49. The molecule has 1 spiro atoms. The van der Waals surface area contributed by atoms with Crippen molar-refractivity contribution in [1.82, 2.24) is 4.90 Å². The first-order valence-corrected chi connectivity index (χ1v) is 13.0. The number of carbonyl (C=O) groups excluding carboxylic acids is 3. The van der Waals surface area contributed by atoms with Crippen molar-refractivity contribution >= 4 is 46.8 Å². The Labute approximate surface area is 215 Å². The second-order valence-electron chi connectivity index (χ2n) is 9.44. The van der Waals surface area contributed by atoms with Crippen molar-refractivity contribution in [3.63, 3.8) is 0 Å². The molecule has 1 N–H and O–H groups in total. The second kappa shape index (κ2) is 9.99. The molecule has 1 aromatic rings. The number of hydrogen-bond donors (Lipinski definition) is 1. The number of rotatable bonds is 9. The zero-order chi connectivity index (χ0) is 25.5. The molecular weight excluding hydrogens is 488 g/mol. The van der Waals surface area contributed by atoms with Crippen molar-refractivity contribution in [1.29, 1.82) is 0 Å². The molecule has 0 aliphatic carbocycles. The molecule has 3 heterocycles. The van der Waals surface area contributed by atoms with E-state index in [1.54, 1.807) is 53.9 Å².